The maximum Gasteiger partial charge on any atom is 0.166 e. The second-order valence-corrected chi connectivity index (χ2v) is 7.04. The quantitative estimate of drug-likeness (QED) is 0.907. The van der Waals surface area contributed by atoms with Gasteiger partial charge in [-0.2, -0.15) is 0 Å². The summed E-state index contributed by atoms with van der Waals surface area (Å²) in [5.74, 6) is 1.24. The Morgan fingerprint density at radius 2 is 2.00 bits per heavy atom. The van der Waals surface area contributed by atoms with Crippen LogP contribution in [0.4, 0.5) is 0 Å². The van der Waals surface area contributed by atoms with E-state index in [1.807, 2.05) is 24.4 Å². The van der Waals surface area contributed by atoms with E-state index in [4.69, 9.17) is 9.73 Å². The van der Waals surface area contributed by atoms with Gasteiger partial charge in [-0.3, -0.25) is 9.79 Å². The van der Waals surface area contributed by atoms with Gasteiger partial charge in [-0.1, -0.05) is 31.0 Å². The molecule has 0 saturated heterocycles. The number of rotatable bonds is 2. The Morgan fingerprint density at radius 1 is 1.17 bits per heavy atom. The molecule has 1 saturated carbocycles. The van der Waals surface area contributed by atoms with Crippen LogP contribution in [0.1, 0.15) is 50.0 Å². The lowest BCUT2D eigenvalue weighted by molar-refractivity contribution is -0.115. The van der Waals surface area contributed by atoms with Crippen molar-refractivity contribution in [3.8, 4) is 5.75 Å². The van der Waals surface area contributed by atoms with Crippen LogP contribution in [0.25, 0.3) is 0 Å². The van der Waals surface area contributed by atoms with Gasteiger partial charge in [-0.25, -0.2) is 0 Å². The lowest BCUT2D eigenvalue weighted by Gasteiger charge is -2.32. The Morgan fingerprint density at radius 3 is 2.88 bits per heavy atom. The van der Waals surface area contributed by atoms with E-state index in [9.17, 15) is 4.79 Å². The maximum atomic E-state index is 12.7. The normalized spacial score (nSPS) is 29.4. The molecule has 0 radical (unpaired) electrons. The highest BCUT2D eigenvalue weighted by Gasteiger charge is 2.34. The standard InChI is InChI=1S/C20H24N2O2/c1-24-20-9-5-2-6-14(20)13-10-18-15(19(23)11-13)12-21-16-7-3-4-8-17(16)22-18/h2,5-6,9,12-13,16-17,22H,3-4,7-8,10-11H2,1H3/t13-,16+,17-/m0/s1. The second kappa shape index (κ2) is 6.42. The zero-order valence-electron chi connectivity index (χ0n) is 14.1. The fourth-order valence-corrected chi connectivity index (χ4v) is 4.29. The SMILES string of the molecule is COc1ccccc1[C@@H]1CC(=O)C2=C(C1)N[C@H]1CCCC[C@H]1N=C2. The van der Waals surface area contributed by atoms with Crippen LogP contribution in [-0.4, -0.2) is 31.2 Å². The lowest BCUT2D eigenvalue weighted by Crippen LogP contribution is -2.41. The molecule has 4 rings (SSSR count). The number of allylic oxidation sites excluding steroid dienone is 2. The second-order valence-electron chi connectivity index (χ2n) is 7.04. The number of benzene rings is 1. The minimum Gasteiger partial charge on any atom is -0.496 e. The molecule has 1 N–H and O–H groups in total. The molecule has 1 aromatic carbocycles. The van der Waals surface area contributed by atoms with Crippen molar-refractivity contribution in [2.45, 2.75) is 56.5 Å². The summed E-state index contributed by atoms with van der Waals surface area (Å²) in [6.07, 6.45) is 7.99. The molecule has 0 aromatic heterocycles. The molecule has 1 fully saturated rings. The van der Waals surface area contributed by atoms with E-state index >= 15 is 0 Å². The average Bonchev–Trinajstić information content (AvgIpc) is 2.81. The highest BCUT2D eigenvalue weighted by Crippen LogP contribution is 2.39. The third kappa shape index (κ3) is 2.74. The van der Waals surface area contributed by atoms with Crippen LogP contribution >= 0.6 is 0 Å². The van der Waals surface area contributed by atoms with Crippen molar-refractivity contribution in [2.24, 2.45) is 4.99 Å². The number of hydrogen-bond acceptors (Lipinski definition) is 4. The Labute approximate surface area is 143 Å². The Kier molecular flexibility index (Phi) is 4.13. The van der Waals surface area contributed by atoms with Crippen molar-refractivity contribution < 1.29 is 9.53 Å². The summed E-state index contributed by atoms with van der Waals surface area (Å²) < 4.78 is 5.51. The number of fused-ring (bicyclic) bond motifs is 1. The summed E-state index contributed by atoms with van der Waals surface area (Å²) in [6, 6.07) is 8.75. The van der Waals surface area contributed by atoms with Crippen LogP contribution in [0, 0.1) is 0 Å². The molecule has 0 spiro atoms. The maximum absolute atomic E-state index is 12.7. The summed E-state index contributed by atoms with van der Waals surface area (Å²) in [4.78, 5) is 17.5. The van der Waals surface area contributed by atoms with E-state index in [-0.39, 0.29) is 11.7 Å². The van der Waals surface area contributed by atoms with E-state index < -0.39 is 0 Å². The van der Waals surface area contributed by atoms with Crippen LogP contribution in [0.15, 0.2) is 40.5 Å². The zero-order valence-corrected chi connectivity index (χ0v) is 14.1. The monoisotopic (exact) mass is 324 g/mol. The minimum atomic E-state index is 0.174. The number of aliphatic imine (C=N–C) groups is 1. The molecule has 4 heteroatoms. The number of methoxy groups -OCH3 is 1. The molecule has 1 heterocycles. The van der Waals surface area contributed by atoms with Gasteiger partial charge in [0.05, 0.1) is 18.7 Å². The first-order valence-electron chi connectivity index (χ1n) is 8.95. The van der Waals surface area contributed by atoms with Gasteiger partial charge in [0, 0.05) is 30.3 Å². The third-order valence-corrected chi connectivity index (χ3v) is 5.57. The van der Waals surface area contributed by atoms with Gasteiger partial charge in [-0.05, 0) is 30.9 Å². The molecule has 0 bridgehead atoms. The van der Waals surface area contributed by atoms with Gasteiger partial charge in [0.2, 0.25) is 0 Å². The smallest absolute Gasteiger partial charge is 0.166 e. The van der Waals surface area contributed by atoms with Gasteiger partial charge in [0.25, 0.3) is 0 Å². The fraction of sp³-hybridized carbons (Fsp3) is 0.500. The first-order valence-corrected chi connectivity index (χ1v) is 8.95. The Balaban J connectivity index is 1.63. The Bertz CT molecular complexity index is 707. The number of hydrogen-bond donors (Lipinski definition) is 1. The predicted octanol–water partition coefficient (Wildman–Crippen LogP) is 3.38. The fourth-order valence-electron chi connectivity index (χ4n) is 4.29. The van der Waals surface area contributed by atoms with E-state index in [2.05, 4.69) is 11.4 Å². The van der Waals surface area contributed by atoms with Crippen molar-refractivity contribution in [3.05, 3.63) is 41.1 Å². The first-order chi connectivity index (χ1) is 11.8. The molecule has 1 aliphatic heterocycles. The molecule has 0 unspecified atom stereocenters. The van der Waals surface area contributed by atoms with Crippen molar-refractivity contribution in [3.63, 3.8) is 0 Å². The van der Waals surface area contributed by atoms with E-state index in [0.717, 1.165) is 41.8 Å². The van der Waals surface area contributed by atoms with Crippen molar-refractivity contribution in [2.75, 3.05) is 7.11 Å². The summed E-state index contributed by atoms with van der Waals surface area (Å²) >= 11 is 0. The molecular formula is C20H24N2O2. The number of nitrogens with one attached hydrogen (secondary N) is 1. The van der Waals surface area contributed by atoms with Crippen LogP contribution in [0.2, 0.25) is 0 Å². The van der Waals surface area contributed by atoms with Crippen molar-refractivity contribution in [1.82, 2.24) is 5.32 Å². The molecule has 24 heavy (non-hydrogen) atoms. The highest BCUT2D eigenvalue weighted by molar-refractivity contribution is 6.15. The van der Waals surface area contributed by atoms with Crippen LogP contribution < -0.4 is 10.1 Å². The molecule has 3 aliphatic rings. The summed E-state index contributed by atoms with van der Waals surface area (Å²) in [5, 5.41) is 3.68. The van der Waals surface area contributed by atoms with Crippen LogP contribution in [0.5, 0.6) is 5.75 Å². The summed E-state index contributed by atoms with van der Waals surface area (Å²) in [5.41, 5.74) is 3.01. The van der Waals surface area contributed by atoms with Gasteiger partial charge < -0.3 is 10.1 Å². The van der Waals surface area contributed by atoms with Gasteiger partial charge >= 0.3 is 0 Å². The number of carbonyl (C=O) groups excluding carboxylic acids is 1. The third-order valence-electron chi connectivity index (χ3n) is 5.57. The van der Waals surface area contributed by atoms with Crippen LogP contribution in [0.3, 0.4) is 0 Å². The van der Waals surface area contributed by atoms with Gasteiger partial charge in [0.1, 0.15) is 5.75 Å². The molecule has 2 aliphatic carbocycles. The van der Waals surface area contributed by atoms with Gasteiger partial charge in [-0.15, -0.1) is 0 Å². The zero-order chi connectivity index (χ0) is 16.5. The number of Topliss-reactive ketones (excluding diaryl/α,β-unsaturated/α-hetero) is 1. The topological polar surface area (TPSA) is 50.7 Å². The molecule has 126 valence electrons. The minimum absolute atomic E-state index is 0.174. The number of carbonyl (C=O) groups is 1. The molecular weight excluding hydrogens is 300 g/mol. The highest BCUT2D eigenvalue weighted by atomic mass is 16.5. The molecule has 3 atom stereocenters. The van der Waals surface area contributed by atoms with E-state index in [1.54, 1.807) is 7.11 Å². The summed E-state index contributed by atoms with van der Waals surface area (Å²) in [7, 11) is 1.69. The van der Waals surface area contributed by atoms with E-state index in [0.29, 0.717) is 18.5 Å². The molecule has 0 amide bonds. The number of nitrogens with zero attached hydrogens (tertiary/aromatic N) is 1. The van der Waals surface area contributed by atoms with Crippen molar-refractivity contribution >= 4 is 12.0 Å². The molecule has 4 nitrogen and oxygen atoms in total. The number of ether oxygens (including phenoxy) is 1. The number of ketones is 1. The first kappa shape index (κ1) is 15.4. The largest absolute Gasteiger partial charge is 0.496 e. The summed E-state index contributed by atoms with van der Waals surface area (Å²) in [6.45, 7) is 0. The lowest BCUT2D eigenvalue weighted by atomic mass is 9.81. The van der Waals surface area contributed by atoms with Gasteiger partial charge in [0.15, 0.2) is 5.78 Å². The molecule has 1 aromatic rings. The number of para-hydroxylation sites is 1. The Hall–Kier alpha value is -2.10. The van der Waals surface area contributed by atoms with E-state index in [1.165, 1.54) is 12.8 Å². The predicted molar refractivity (Wildman–Crippen MR) is 94.7 cm³/mol. The van der Waals surface area contributed by atoms with Crippen molar-refractivity contribution in [1.29, 1.82) is 0 Å². The average molecular weight is 324 g/mol. The van der Waals surface area contributed by atoms with Crippen LogP contribution in [-0.2, 0) is 4.79 Å².